The van der Waals surface area contributed by atoms with Crippen molar-refractivity contribution in [1.82, 2.24) is 24.6 Å². The third kappa shape index (κ3) is 4.13. The maximum atomic E-state index is 11.2. The number of hydrogen-bond donors (Lipinski definition) is 1. The van der Waals surface area contributed by atoms with Crippen molar-refractivity contribution in [1.29, 1.82) is 0 Å². The second kappa shape index (κ2) is 8.26. The van der Waals surface area contributed by atoms with E-state index in [1.54, 1.807) is 23.2 Å². The molecule has 0 spiro atoms. The number of benzene rings is 1. The van der Waals surface area contributed by atoms with Gasteiger partial charge in [0.2, 0.25) is 12.4 Å². The number of anilines is 1. The molecule has 1 aliphatic rings. The molecule has 1 amide bonds. The van der Waals surface area contributed by atoms with Crippen molar-refractivity contribution in [3.63, 3.8) is 0 Å². The van der Waals surface area contributed by atoms with Gasteiger partial charge in [0, 0.05) is 42.5 Å². The molecule has 150 valence electrons. The lowest BCUT2D eigenvalue weighted by Crippen LogP contribution is -2.13. The van der Waals surface area contributed by atoms with Gasteiger partial charge in [-0.3, -0.25) is 9.48 Å². The van der Waals surface area contributed by atoms with Crippen LogP contribution in [0.3, 0.4) is 0 Å². The fourth-order valence-electron chi connectivity index (χ4n) is 3.31. The van der Waals surface area contributed by atoms with Crippen LogP contribution in [0.2, 0.25) is 10.0 Å². The molecule has 2 N–H and O–H groups in total. The maximum absolute atomic E-state index is 11.2. The molecule has 29 heavy (non-hydrogen) atoms. The molecule has 0 saturated heterocycles. The van der Waals surface area contributed by atoms with Gasteiger partial charge in [-0.1, -0.05) is 23.2 Å². The Morgan fingerprint density at radius 3 is 2.86 bits per heavy atom. The minimum Gasteiger partial charge on any atom is -0.493 e. The van der Waals surface area contributed by atoms with Crippen LogP contribution in [0.25, 0.3) is 11.3 Å². The Labute approximate surface area is 177 Å². The zero-order valence-corrected chi connectivity index (χ0v) is 16.9. The molecule has 0 radical (unpaired) electrons. The van der Waals surface area contributed by atoms with E-state index in [1.165, 1.54) is 0 Å². The molecule has 0 aliphatic carbocycles. The average Bonchev–Trinajstić information content (AvgIpc) is 3.33. The molecule has 4 rings (SSSR count). The first-order valence-corrected chi connectivity index (χ1v) is 9.75. The lowest BCUT2D eigenvalue weighted by molar-refractivity contribution is -0.118. The summed E-state index contributed by atoms with van der Waals surface area (Å²) in [6.07, 6.45) is 5.15. The van der Waals surface area contributed by atoms with E-state index in [2.05, 4.69) is 15.1 Å². The van der Waals surface area contributed by atoms with Gasteiger partial charge < -0.3 is 15.4 Å². The Balaban J connectivity index is 1.65. The number of fused-ring (bicyclic) bond motifs is 1. The van der Waals surface area contributed by atoms with Gasteiger partial charge in [0.1, 0.15) is 5.75 Å². The fraction of sp³-hybridized carbons (Fsp3) is 0.263. The number of aromatic nitrogens is 4. The largest absolute Gasteiger partial charge is 0.493 e. The number of ether oxygens (including phenoxy) is 1. The van der Waals surface area contributed by atoms with Crippen molar-refractivity contribution in [3.8, 4) is 17.0 Å². The number of nitrogens with two attached hydrogens (primary N) is 1. The Hall–Kier alpha value is -2.84. The number of amides is 1. The van der Waals surface area contributed by atoms with Crippen molar-refractivity contribution < 1.29 is 9.53 Å². The van der Waals surface area contributed by atoms with E-state index in [4.69, 9.17) is 33.7 Å². The maximum Gasteiger partial charge on any atom is 0.220 e. The highest BCUT2D eigenvalue weighted by Crippen LogP contribution is 2.42. The van der Waals surface area contributed by atoms with E-state index in [0.717, 1.165) is 24.9 Å². The standard InChI is InChI=1S/C19H18Cl2N6O2/c20-12-7-14(21)17(16(8-12)29-6-2-5-27-4-1-3-23-27)18-13-9-26(11-28)10-15(13)24-19(22)25-18/h1,3-4,7-8,11H,2,5-6,9-10H2,(H2,22,24,25). The van der Waals surface area contributed by atoms with E-state index in [0.29, 0.717) is 52.4 Å². The molecule has 0 fully saturated rings. The summed E-state index contributed by atoms with van der Waals surface area (Å²) >= 11 is 12.7. The fourth-order valence-corrected chi connectivity index (χ4v) is 3.88. The topological polar surface area (TPSA) is 99.2 Å². The minimum atomic E-state index is 0.113. The van der Waals surface area contributed by atoms with E-state index >= 15 is 0 Å². The summed E-state index contributed by atoms with van der Waals surface area (Å²) in [5.41, 5.74) is 8.57. The number of nitrogens with zero attached hydrogens (tertiary/aromatic N) is 5. The molecular formula is C19H18Cl2N6O2. The van der Waals surface area contributed by atoms with Crippen LogP contribution in [0.4, 0.5) is 5.95 Å². The molecule has 0 saturated carbocycles. The Morgan fingerprint density at radius 1 is 1.24 bits per heavy atom. The van der Waals surface area contributed by atoms with Gasteiger partial charge in [-0.05, 0) is 18.2 Å². The predicted octanol–water partition coefficient (Wildman–Crippen LogP) is 3.17. The first kappa shape index (κ1) is 19.5. The highest BCUT2D eigenvalue weighted by Gasteiger charge is 2.27. The van der Waals surface area contributed by atoms with Crippen LogP contribution < -0.4 is 10.5 Å². The van der Waals surface area contributed by atoms with Gasteiger partial charge in [-0.15, -0.1) is 0 Å². The molecule has 1 aromatic carbocycles. The molecular weight excluding hydrogens is 415 g/mol. The van der Waals surface area contributed by atoms with Crippen molar-refractivity contribution in [3.05, 3.63) is 51.9 Å². The van der Waals surface area contributed by atoms with Crippen LogP contribution in [-0.4, -0.2) is 37.7 Å². The average molecular weight is 433 g/mol. The van der Waals surface area contributed by atoms with E-state index in [-0.39, 0.29) is 5.95 Å². The van der Waals surface area contributed by atoms with Gasteiger partial charge in [-0.25, -0.2) is 9.97 Å². The third-order valence-electron chi connectivity index (χ3n) is 4.58. The molecule has 0 unspecified atom stereocenters. The van der Waals surface area contributed by atoms with Gasteiger partial charge in [-0.2, -0.15) is 5.10 Å². The van der Waals surface area contributed by atoms with Crippen LogP contribution in [0.15, 0.2) is 30.6 Å². The number of hydrogen-bond acceptors (Lipinski definition) is 6. The van der Waals surface area contributed by atoms with Crippen molar-refractivity contribution in [2.75, 3.05) is 12.3 Å². The second-order valence-electron chi connectivity index (χ2n) is 6.60. The predicted molar refractivity (Wildman–Crippen MR) is 110 cm³/mol. The van der Waals surface area contributed by atoms with E-state index < -0.39 is 0 Å². The van der Waals surface area contributed by atoms with E-state index in [1.807, 2.05) is 16.9 Å². The number of carbonyl (C=O) groups excluding carboxylic acids is 1. The first-order chi connectivity index (χ1) is 14.0. The number of carbonyl (C=O) groups is 1. The van der Waals surface area contributed by atoms with Crippen molar-refractivity contribution in [2.45, 2.75) is 26.1 Å². The van der Waals surface area contributed by atoms with E-state index in [9.17, 15) is 4.79 Å². The third-order valence-corrected chi connectivity index (χ3v) is 5.09. The van der Waals surface area contributed by atoms with Gasteiger partial charge in [0.25, 0.3) is 0 Å². The number of halogens is 2. The second-order valence-corrected chi connectivity index (χ2v) is 7.44. The summed E-state index contributed by atoms with van der Waals surface area (Å²) in [4.78, 5) is 21.5. The molecule has 0 bridgehead atoms. The van der Waals surface area contributed by atoms with Crippen LogP contribution in [0.1, 0.15) is 17.7 Å². The molecule has 10 heteroatoms. The van der Waals surface area contributed by atoms with Crippen LogP contribution in [0, 0.1) is 0 Å². The highest BCUT2D eigenvalue weighted by molar-refractivity contribution is 6.37. The zero-order valence-electron chi connectivity index (χ0n) is 15.4. The molecule has 1 aliphatic heterocycles. The van der Waals surface area contributed by atoms with Crippen LogP contribution in [0.5, 0.6) is 5.75 Å². The number of aryl methyl sites for hydroxylation is 1. The summed E-state index contributed by atoms with van der Waals surface area (Å²) in [6.45, 7) is 1.92. The van der Waals surface area contributed by atoms with Crippen molar-refractivity contribution in [2.24, 2.45) is 0 Å². The number of rotatable bonds is 7. The lowest BCUT2D eigenvalue weighted by Gasteiger charge is -2.16. The minimum absolute atomic E-state index is 0.113. The quantitative estimate of drug-likeness (QED) is 0.454. The summed E-state index contributed by atoms with van der Waals surface area (Å²) in [6, 6.07) is 5.21. The summed E-state index contributed by atoms with van der Waals surface area (Å²) in [7, 11) is 0. The smallest absolute Gasteiger partial charge is 0.220 e. The summed E-state index contributed by atoms with van der Waals surface area (Å²) in [5.74, 6) is 0.620. The normalized spacial score (nSPS) is 12.8. The van der Waals surface area contributed by atoms with Crippen LogP contribution >= 0.6 is 23.2 Å². The number of nitrogen functional groups attached to an aromatic ring is 1. The summed E-state index contributed by atoms with van der Waals surface area (Å²) < 4.78 is 7.84. The van der Waals surface area contributed by atoms with Gasteiger partial charge in [0.15, 0.2) is 0 Å². The Bertz CT molecular complexity index is 1040. The first-order valence-electron chi connectivity index (χ1n) is 8.99. The molecule has 8 nitrogen and oxygen atoms in total. The van der Waals surface area contributed by atoms with Gasteiger partial charge >= 0.3 is 0 Å². The SMILES string of the molecule is Nc1nc2c(c(-c3c(Cl)cc(Cl)cc3OCCCn3cccn3)n1)CN(C=O)C2. The monoisotopic (exact) mass is 432 g/mol. The highest BCUT2D eigenvalue weighted by atomic mass is 35.5. The van der Waals surface area contributed by atoms with Gasteiger partial charge in [0.05, 0.1) is 35.1 Å². The summed E-state index contributed by atoms with van der Waals surface area (Å²) in [5, 5.41) is 5.02. The Morgan fingerprint density at radius 2 is 2.10 bits per heavy atom. The lowest BCUT2D eigenvalue weighted by atomic mass is 10.0. The molecule has 3 aromatic rings. The Kier molecular flexibility index (Phi) is 5.55. The zero-order chi connectivity index (χ0) is 20.4. The molecule has 3 heterocycles. The van der Waals surface area contributed by atoms with Crippen LogP contribution in [-0.2, 0) is 24.4 Å². The molecule has 2 aromatic heterocycles. The molecule has 0 atom stereocenters. The van der Waals surface area contributed by atoms with Crippen molar-refractivity contribution >= 4 is 35.6 Å².